The van der Waals surface area contributed by atoms with Gasteiger partial charge in [0.1, 0.15) is 11.8 Å². The number of amides is 2. The minimum atomic E-state index is -0.529. The van der Waals surface area contributed by atoms with Gasteiger partial charge in [-0.15, -0.1) is 0 Å². The van der Waals surface area contributed by atoms with Crippen molar-refractivity contribution in [2.45, 2.75) is 65.1 Å². The third-order valence-corrected chi connectivity index (χ3v) is 4.84. The van der Waals surface area contributed by atoms with Gasteiger partial charge in [-0.1, -0.05) is 49.4 Å². The van der Waals surface area contributed by atoms with Gasteiger partial charge in [0, 0.05) is 18.5 Å². The van der Waals surface area contributed by atoms with Crippen molar-refractivity contribution in [3.63, 3.8) is 0 Å². The standard InChI is InChI=1S/C25H34N2O3/c1-6-22(24(29)26-25(2,3)4)27(18-20-13-10-14-21(17-20)30-5)23(28)16-15-19-11-8-7-9-12-19/h7-14,17,22H,6,15-16,18H2,1-5H3,(H,26,29). The van der Waals surface area contributed by atoms with Crippen LogP contribution >= 0.6 is 0 Å². The normalized spacial score (nSPS) is 12.2. The van der Waals surface area contributed by atoms with E-state index in [9.17, 15) is 9.59 Å². The van der Waals surface area contributed by atoms with E-state index in [4.69, 9.17) is 4.74 Å². The lowest BCUT2D eigenvalue weighted by Crippen LogP contribution is -2.53. The second-order valence-corrected chi connectivity index (χ2v) is 8.52. The number of hydrogen-bond acceptors (Lipinski definition) is 3. The summed E-state index contributed by atoms with van der Waals surface area (Å²) in [5.74, 6) is 0.579. The van der Waals surface area contributed by atoms with Crippen LogP contribution in [0.2, 0.25) is 0 Å². The van der Waals surface area contributed by atoms with E-state index in [0.29, 0.717) is 25.8 Å². The van der Waals surface area contributed by atoms with Crippen LogP contribution in [0.5, 0.6) is 5.75 Å². The lowest BCUT2D eigenvalue weighted by molar-refractivity contribution is -0.142. The molecule has 0 aliphatic heterocycles. The van der Waals surface area contributed by atoms with Gasteiger partial charge >= 0.3 is 0 Å². The van der Waals surface area contributed by atoms with Crippen LogP contribution < -0.4 is 10.1 Å². The number of aryl methyl sites for hydroxylation is 1. The van der Waals surface area contributed by atoms with E-state index in [2.05, 4.69) is 5.32 Å². The van der Waals surface area contributed by atoms with Crippen LogP contribution in [-0.4, -0.2) is 35.4 Å². The van der Waals surface area contributed by atoms with Gasteiger partial charge < -0.3 is 15.0 Å². The molecule has 2 rings (SSSR count). The van der Waals surface area contributed by atoms with Crippen molar-refractivity contribution in [3.8, 4) is 5.75 Å². The van der Waals surface area contributed by atoms with E-state index in [1.165, 1.54) is 0 Å². The van der Waals surface area contributed by atoms with Crippen LogP contribution in [0.15, 0.2) is 54.6 Å². The summed E-state index contributed by atoms with van der Waals surface area (Å²) in [5, 5.41) is 3.03. The van der Waals surface area contributed by atoms with Gasteiger partial charge in [0.15, 0.2) is 0 Å². The number of methoxy groups -OCH3 is 1. The maximum Gasteiger partial charge on any atom is 0.243 e. The molecule has 0 bridgehead atoms. The first-order valence-electron chi connectivity index (χ1n) is 10.5. The topological polar surface area (TPSA) is 58.6 Å². The van der Waals surface area contributed by atoms with E-state index in [0.717, 1.165) is 16.9 Å². The third kappa shape index (κ3) is 7.21. The summed E-state index contributed by atoms with van der Waals surface area (Å²) in [6.07, 6.45) is 1.54. The van der Waals surface area contributed by atoms with Gasteiger partial charge in [-0.3, -0.25) is 9.59 Å². The number of carbonyl (C=O) groups is 2. The molecular weight excluding hydrogens is 376 g/mol. The Kier molecular flexibility index (Phi) is 8.46. The van der Waals surface area contributed by atoms with E-state index < -0.39 is 6.04 Å². The molecule has 0 aromatic heterocycles. The van der Waals surface area contributed by atoms with E-state index in [1.54, 1.807) is 12.0 Å². The fourth-order valence-corrected chi connectivity index (χ4v) is 3.38. The van der Waals surface area contributed by atoms with Crippen molar-refractivity contribution in [2.75, 3.05) is 7.11 Å². The lowest BCUT2D eigenvalue weighted by Gasteiger charge is -2.33. The molecule has 2 aromatic rings. The zero-order valence-corrected chi connectivity index (χ0v) is 18.8. The Balaban J connectivity index is 2.24. The molecule has 0 spiro atoms. The molecule has 162 valence electrons. The number of nitrogens with one attached hydrogen (secondary N) is 1. The Labute approximate surface area is 180 Å². The molecule has 0 aliphatic rings. The van der Waals surface area contributed by atoms with Crippen LogP contribution in [0, 0.1) is 0 Å². The molecule has 0 fully saturated rings. The summed E-state index contributed by atoms with van der Waals surface area (Å²) in [6.45, 7) is 8.14. The Hall–Kier alpha value is -2.82. The summed E-state index contributed by atoms with van der Waals surface area (Å²) >= 11 is 0. The molecule has 1 unspecified atom stereocenters. The number of benzene rings is 2. The summed E-state index contributed by atoms with van der Waals surface area (Å²) in [5.41, 5.74) is 1.68. The van der Waals surface area contributed by atoms with Crippen LogP contribution in [0.25, 0.3) is 0 Å². The second kappa shape index (κ2) is 10.8. The molecule has 30 heavy (non-hydrogen) atoms. The highest BCUT2D eigenvalue weighted by Crippen LogP contribution is 2.19. The largest absolute Gasteiger partial charge is 0.497 e. The Morgan fingerprint density at radius 1 is 1.03 bits per heavy atom. The molecule has 0 aliphatic carbocycles. The number of ether oxygens (including phenoxy) is 1. The monoisotopic (exact) mass is 410 g/mol. The summed E-state index contributed by atoms with van der Waals surface area (Å²) in [4.78, 5) is 28.0. The highest BCUT2D eigenvalue weighted by atomic mass is 16.5. The SMILES string of the molecule is CCC(C(=O)NC(C)(C)C)N(Cc1cccc(OC)c1)C(=O)CCc1ccccc1. The Bertz CT molecular complexity index is 828. The van der Waals surface area contributed by atoms with Crippen LogP contribution in [0.1, 0.15) is 51.7 Å². The fraction of sp³-hybridized carbons (Fsp3) is 0.440. The van der Waals surface area contributed by atoms with Crippen molar-refractivity contribution in [3.05, 3.63) is 65.7 Å². The number of rotatable bonds is 9. The van der Waals surface area contributed by atoms with Crippen molar-refractivity contribution in [2.24, 2.45) is 0 Å². The van der Waals surface area contributed by atoms with Crippen LogP contribution in [0.3, 0.4) is 0 Å². The summed E-state index contributed by atoms with van der Waals surface area (Å²) in [6, 6.07) is 17.0. The first-order chi connectivity index (χ1) is 14.2. The van der Waals surface area contributed by atoms with Gasteiger partial charge in [-0.05, 0) is 56.9 Å². The van der Waals surface area contributed by atoms with E-state index >= 15 is 0 Å². The maximum atomic E-state index is 13.3. The molecule has 5 nitrogen and oxygen atoms in total. The van der Waals surface area contributed by atoms with Gasteiger partial charge in [0.05, 0.1) is 7.11 Å². The van der Waals surface area contributed by atoms with Crippen molar-refractivity contribution in [1.82, 2.24) is 10.2 Å². The van der Waals surface area contributed by atoms with Crippen LogP contribution in [0.4, 0.5) is 0 Å². The fourth-order valence-electron chi connectivity index (χ4n) is 3.38. The summed E-state index contributed by atoms with van der Waals surface area (Å²) < 4.78 is 5.32. The zero-order chi connectivity index (χ0) is 22.1. The quantitative estimate of drug-likeness (QED) is 0.669. The molecule has 0 saturated heterocycles. The molecule has 0 saturated carbocycles. The third-order valence-electron chi connectivity index (χ3n) is 4.84. The number of nitrogens with zero attached hydrogens (tertiary/aromatic N) is 1. The Morgan fingerprint density at radius 3 is 2.30 bits per heavy atom. The molecule has 5 heteroatoms. The summed E-state index contributed by atoms with van der Waals surface area (Å²) in [7, 11) is 1.62. The van der Waals surface area contributed by atoms with Crippen LogP contribution in [-0.2, 0) is 22.6 Å². The van der Waals surface area contributed by atoms with Crippen molar-refractivity contribution < 1.29 is 14.3 Å². The van der Waals surface area contributed by atoms with Gasteiger partial charge in [0.2, 0.25) is 11.8 Å². The van der Waals surface area contributed by atoms with E-state index in [-0.39, 0.29) is 17.4 Å². The molecule has 1 N–H and O–H groups in total. The predicted octanol–water partition coefficient (Wildman–Crippen LogP) is 4.35. The van der Waals surface area contributed by atoms with Gasteiger partial charge in [-0.25, -0.2) is 0 Å². The average molecular weight is 411 g/mol. The first kappa shape index (κ1) is 23.5. The van der Waals surface area contributed by atoms with Gasteiger partial charge in [0.25, 0.3) is 0 Å². The smallest absolute Gasteiger partial charge is 0.243 e. The molecule has 0 radical (unpaired) electrons. The predicted molar refractivity (Wildman–Crippen MR) is 120 cm³/mol. The molecule has 1 atom stereocenters. The lowest BCUT2D eigenvalue weighted by atomic mass is 10.0. The average Bonchev–Trinajstić information content (AvgIpc) is 2.71. The molecule has 0 heterocycles. The highest BCUT2D eigenvalue weighted by molar-refractivity contribution is 5.88. The minimum Gasteiger partial charge on any atom is -0.497 e. The molecule has 2 aromatic carbocycles. The second-order valence-electron chi connectivity index (χ2n) is 8.52. The van der Waals surface area contributed by atoms with Gasteiger partial charge in [-0.2, -0.15) is 0 Å². The number of carbonyl (C=O) groups excluding carboxylic acids is 2. The minimum absolute atomic E-state index is 0.0300. The van der Waals surface area contributed by atoms with Crippen molar-refractivity contribution in [1.29, 1.82) is 0 Å². The zero-order valence-electron chi connectivity index (χ0n) is 18.8. The first-order valence-corrected chi connectivity index (χ1v) is 10.5. The molecule has 2 amide bonds. The van der Waals surface area contributed by atoms with E-state index in [1.807, 2.05) is 82.3 Å². The van der Waals surface area contributed by atoms with Crippen molar-refractivity contribution >= 4 is 11.8 Å². The maximum absolute atomic E-state index is 13.3. The highest BCUT2D eigenvalue weighted by Gasteiger charge is 2.30. The molecular formula is C25H34N2O3. The number of hydrogen-bond donors (Lipinski definition) is 1. The Morgan fingerprint density at radius 2 is 1.70 bits per heavy atom.